The minimum absolute atomic E-state index is 0.0413. The first-order chi connectivity index (χ1) is 9.99. The summed E-state index contributed by atoms with van der Waals surface area (Å²) in [6.45, 7) is 8.37. The van der Waals surface area contributed by atoms with E-state index in [4.69, 9.17) is 9.47 Å². The van der Waals surface area contributed by atoms with Crippen molar-refractivity contribution in [2.24, 2.45) is 0 Å². The molecule has 0 saturated heterocycles. The number of nitrogens with zero attached hydrogens (tertiary/aromatic N) is 1. The van der Waals surface area contributed by atoms with E-state index < -0.39 is 0 Å². The van der Waals surface area contributed by atoms with E-state index in [0.717, 1.165) is 12.8 Å². The van der Waals surface area contributed by atoms with Crippen LogP contribution in [-0.4, -0.2) is 37.1 Å². The summed E-state index contributed by atoms with van der Waals surface area (Å²) in [4.78, 5) is 14.8. The minimum atomic E-state index is 0.0413. The van der Waals surface area contributed by atoms with Gasteiger partial charge in [0.25, 0.3) is 5.91 Å². The average molecular weight is 293 g/mol. The molecule has 0 heterocycles. The van der Waals surface area contributed by atoms with Crippen LogP contribution < -0.4 is 9.47 Å². The van der Waals surface area contributed by atoms with Crippen molar-refractivity contribution in [2.75, 3.05) is 14.2 Å². The van der Waals surface area contributed by atoms with Crippen LogP contribution in [0.15, 0.2) is 18.2 Å². The Morgan fingerprint density at radius 3 is 2.00 bits per heavy atom. The largest absolute Gasteiger partial charge is 0.493 e. The zero-order valence-electron chi connectivity index (χ0n) is 14.0. The van der Waals surface area contributed by atoms with Gasteiger partial charge in [0.15, 0.2) is 11.5 Å². The fourth-order valence-corrected chi connectivity index (χ4v) is 2.35. The van der Waals surface area contributed by atoms with Gasteiger partial charge in [0.2, 0.25) is 0 Å². The van der Waals surface area contributed by atoms with Crippen molar-refractivity contribution in [3.63, 3.8) is 0 Å². The van der Waals surface area contributed by atoms with Crippen molar-refractivity contribution in [3.8, 4) is 11.5 Å². The van der Waals surface area contributed by atoms with E-state index in [-0.39, 0.29) is 18.0 Å². The summed E-state index contributed by atoms with van der Waals surface area (Å²) >= 11 is 0. The smallest absolute Gasteiger partial charge is 0.254 e. The number of carbonyl (C=O) groups excluding carboxylic acids is 1. The maximum absolute atomic E-state index is 12.8. The molecule has 0 aromatic heterocycles. The zero-order chi connectivity index (χ0) is 16.0. The Kier molecular flexibility index (Phi) is 6.53. The van der Waals surface area contributed by atoms with Crippen molar-refractivity contribution >= 4 is 5.91 Å². The van der Waals surface area contributed by atoms with Crippen LogP contribution in [0.5, 0.6) is 11.5 Å². The van der Waals surface area contributed by atoms with E-state index in [0.29, 0.717) is 17.1 Å². The minimum Gasteiger partial charge on any atom is -0.493 e. The number of benzene rings is 1. The lowest BCUT2D eigenvalue weighted by Crippen LogP contribution is -2.44. The summed E-state index contributed by atoms with van der Waals surface area (Å²) in [5, 5.41) is 0. The van der Waals surface area contributed by atoms with Gasteiger partial charge in [-0.15, -0.1) is 0 Å². The molecule has 1 amide bonds. The molecule has 0 aliphatic heterocycles. The number of amides is 1. The third kappa shape index (κ3) is 3.90. The van der Waals surface area contributed by atoms with Gasteiger partial charge in [0.05, 0.1) is 14.2 Å². The van der Waals surface area contributed by atoms with Gasteiger partial charge in [-0.3, -0.25) is 4.79 Å². The van der Waals surface area contributed by atoms with Crippen LogP contribution in [0, 0.1) is 0 Å². The highest BCUT2D eigenvalue weighted by Crippen LogP contribution is 2.29. The van der Waals surface area contributed by atoms with Crippen LogP contribution in [0.1, 0.15) is 50.9 Å². The predicted octanol–water partition coefficient (Wildman–Crippen LogP) is 3.74. The Labute approximate surface area is 128 Å². The van der Waals surface area contributed by atoms with Gasteiger partial charge in [0.1, 0.15) is 0 Å². The zero-order valence-corrected chi connectivity index (χ0v) is 14.0. The van der Waals surface area contributed by atoms with Crippen molar-refractivity contribution in [2.45, 2.75) is 52.6 Å². The topological polar surface area (TPSA) is 38.8 Å². The molecule has 0 radical (unpaired) electrons. The number of ether oxygens (including phenoxy) is 2. The maximum Gasteiger partial charge on any atom is 0.254 e. The summed E-state index contributed by atoms with van der Waals surface area (Å²) < 4.78 is 10.5. The first-order valence-corrected chi connectivity index (χ1v) is 7.54. The fraction of sp³-hybridized carbons (Fsp3) is 0.588. The van der Waals surface area contributed by atoms with Crippen molar-refractivity contribution in [1.82, 2.24) is 4.90 Å². The van der Waals surface area contributed by atoms with Crippen LogP contribution >= 0.6 is 0 Å². The monoisotopic (exact) mass is 293 g/mol. The lowest BCUT2D eigenvalue weighted by molar-refractivity contribution is 0.0598. The molecule has 0 aliphatic rings. The van der Waals surface area contributed by atoms with E-state index >= 15 is 0 Å². The van der Waals surface area contributed by atoms with Crippen molar-refractivity contribution in [3.05, 3.63) is 23.8 Å². The standard InChI is InChI=1S/C17H27NO3/c1-7-12(3)18(13(4)8-2)17(19)14-9-10-15(20-5)16(11-14)21-6/h9-13H,7-8H2,1-6H3/t12-,13-/m1/s1. The molecule has 0 N–H and O–H groups in total. The van der Waals surface area contributed by atoms with Crippen molar-refractivity contribution < 1.29 is 14.3 Å². The number of hydrogen-bond acceptors (Lipinski definition) is 3. The molecule has 118 valence electrons. The number of carbonyl (C=O) groups is 1. The summed E-state index contributed by atoms with van der Waals surface area (Å²) in [6, 6.07) is 5.73. The molecule has 4 heteroatoms. The van der Waals surface area contributed by atoms with Gasteiger partial charge in [-0.25, -0.2) is 0 Å². The summed E-state index contributed by atoms with van der Waals surface area (Å²) in [5.74, 6) is 1.25. The first kappa shape index (κ1) is 17.3. The van der Waals surface area contributed by atoms with E-state index in [1.165, 1.54) is 0 Å². The van der Waals surface area contributed by atoms with Gasteiger partial charge in [0, 0.05) is 17.6 Å². The van der Waals surface area contributed by atoms with E-state index in [9.17, 15) is 4.79 Å². The lowest BCUT2D eigenvalue weighted by atomic mass is 10.1. The average Bonchev–Trinajstić information content (AvgIpc) is 2.53. The Morgan fingerprint density at radius 2 is 1.57 bits per heavy atom. The fourth-order valence-electron chi connectivity index (χ4n) is 2.35. The maximum atomic E-state index is 12.8. The van der Waals surface area contributed by atoms with E-state index in [1.807, 2.05) is 4.90 Å². The number of hydrogen-bond donors (Lipinski definition) is 0. The molecule has 0 aliphatic carbocycles. The molecule has 0 spiro atoms. The number of methoxy groups -OCH3 is 2. The van der Waals surface area contributed by atoms with Crippen LogP contribution in [0.4, 0.5) is 0 Å². The molecular formula is C17H27NO3. The van der Waals surface area contributed by atoms with E-state index in [2.05, 4.69) is 27.7 Å². The molecule has 21 heavy (non-hydrogen) atoms. The third-order valence-corrected chi connectivity index (χ3v) is 4.00. The predicted molar refractivity (Wildman–Crippen MR) is 85.2 cm³/mol. The highest BCUT2D eigenvalue weighted by molar-refractivity contribution is 5.95. The molecule has 0 unspecified atom stereocenters. The molecule has 1 aromatic carbocycles. The normalized spacial score (nSPS) is 13.4. The van der Waals surface area contributed by atoms with Crippen LogP contribution in [0.25, 0.3) is 0 Å². The second-order valence-electron chi connectivity index (χ2n) is 5.30. The number of rotatable bonds is 7. The van der Waals surface area contributed by atoms with Gasteiger partial charge >= 0.3 is 0 Å². The molecule has 0 fully saturated rings. The summed E-state index contributed by atoms with van der Waals surface area (Å²) in [7, 11) is 3.16. The molecule has 1 rings (SSSR count). The lowest BCUT2D eigenvalue weighted by Gasteiger charge is -2.34. The molecule has 2 atom stereocenters. The second kappa shape index (κ2) is 7.91. The summed E-state index contributed by atoms with van der Waals surface area (Å²) in [6.07, 6.45) is 1.87. The SMILES string of the molecule is CC[C@@H](C)N(C(=O)c1ccc(OC)c(OC)c1)[C@H](C)CC. The molecule has 0 saturated carbocycles. The van der Waals surface area contributed by atoms with Gasteiger partial charge in [-0.2, -0.15) is 0 Å². The highest BCUT2D eigenvalue weighted by Gasteiger charge is 2.25. The Morgan fingerprint density at radius 1 is 1.05 bits per heavy atom. The van der Waals surface area contributed by atoms with Crippen LogP contribution in [0.3, 0.4) is 0 Å². The quantitative estimate of drug-likeness (QED) is 0.768. The highest BCUT2D eigenvalue weighted by atomic mass is 16.5. The van der Waals surface area contributed by atoms with Crippen molar-refractivity contribution in [1.29, 1.82) is 0 Å². The molecule has 1 aromatic rings. The van der Waals surface area contributed by atoms with E-state index in [1.54, 1.807) is 32.4 Å². The Balaban J connectivity index is 3.14. The Bertz CT molecular complexity index is 463. The molecule has 0 bridgehead atoms. The third-order valence-electron chi connectivity index (χ3n) is 4.00. The van der Waals surface area contributed by atoms with Crippen LogP contribution in [0.2, 0.25) is 0 Å². The Hall–Kier alpha value is -1.71. The molecule has 4 nitrogen and oxygen atoms in total. The van der Waals surface area contributed by atoms with Gasteiger partial charge < -0.3 is 14.4 Å². The first-order valence-electron chi connectivity index (χ1n) is 7.54. The van der Waals surface area contributed by atoms with Crippen LogP contribution in [-0.2, 0) is 0 Å². The second-order valence-corrected chi connectivity index (χ2v) is 5.30. The summed E-state index contributed by atoms with van der Waals surface area (Å²) in [5.41, 5.74) is 0.633. The van der Waals surface area contributed by atoms with Gasteiger partial charge in [-0.05, 0) is 44.9 Å². The van der Waals surface area contributed by atoms with Gasteiger partial charge in [-0.1, -0.05) is 13.8 Å². The molecular weight excluding hydrogens is 266 g/mol.